The van der Waals surface area contributed by atoms with E-state index >= 15 is 0 Å². The fourth-order valence-electron chi connectivity index (χ4n) is 3.20. The molecule has 1 aromatic heterocycles. The van der Waals surface area contributed by atoms with Gasteiger partial charge >= 0.3 is 6.18 Å². The van der Waals surface area contributed by atoms with E-state index in [-0.39, 0.29) is 13.1 Å². The fraction of sp³-hybridized carbons (Fsp3) is 0.444. The van der Waals surface area contributed by atoms with Gasteiger partial charge in [-0.25, -0.2) is 4.98 Å². The van der Waals surface area contributed by atoms with Gasteiger partial charge in [-0.15, -0.1) is 0 Å². The predicted octanol–water partition coefficient (Wildman–Crippen LogP) is 3.22. The lowest BCUT2D eigenvalue weighted by Crippen LogP contribution is -2.46. The minimum absolute atomic E-state index is 0.00738. The number of aromatic nitrogens is 2. The van der Waals surface area contributed by atoms with E-state index in [4.69, 9.17) is 0 Å². The first kappa shape index (κ1) is 18.4. The highest BCUT2D eigenvalue weighted by atomic mass is 19.4. The number of nitrogens with one attached hydrogen (secondary N) is 2. The quantitative estimate of drug-likeness (QED) is 0.877. The van der Waals surface area contributed by atoms with Crippen molar-refractivity contribution < 1.29 is 18.0 Å². The van der Waals surface area contributed by atoms with Crippen LogP contribution >= 0.6 is 0 Å². The minimum atomic E-state index is -4.45. The molecule has 1 aliphatic rings. The summed E-state index contributed by atoms with van der Waals surface area (Å²) in [5, 5.41) is 5.29. The number of anilines is 1. The number of carbonyl (C=O) groups is 1. The molecule has 2 heterocycles. The third-order valence-electron chi connectivity index (χ3n) is 5.24. The summed E-state index contributed by atoms with van der Waals surface area (Å²) in [5.41, 5.74) is 1.18. The zero-order valence-electron chi connectivity index (χ0n) is 14.8. The molecule has 0 spiro atoms. The highest BCUT2D eigenvalue weighted by Gasteiger charge is 2.60. The van der Waals surface area contributed by atoms with Crippen LogP contribution in [0.5, 0.6) is 0 Å². The van der Waals surface area contributed by atoms with E-state index in [2.05, 4.69) is 15.6 Å². The number of halogens is 3. The van der Waals surface area contributed by atoms with Crippen molar-refractivity contribution >= 4 is 11.6 Å². The number of aryl methyl sites for hydroxylation is 1. The monoisotopic (exact) mass is 366 g/mol. The molecular weight excluding hydrogens is 345 g/mol. The van der Waals surface area contributed by atoms with Crippen LogP contribution in [-0.4, -0.2) is 34.7 Å². The van der Waals surface area contributed by atoms with Gasteiger partial charge < -0.3 is 15.2 Å². The van der Waals surface area contributed by atoms with Crippen LogP contribution in [-0.2, 0) is 4.79 Å². The molecule has 26 heavy (non-hydrogen) atoms. The van der Waals surface area contributed by atoms with Crippen molar-refractivity contribution in [1.29, 1.82) is 0 Å². The Labute approximate surface area is 149 Å². The van der Waals surface area contributed by atoms with Crippen molar-refractivity contribution in [2.75, 3.05) is 18.4 Å². The lowest BCUT2D eigenvalue weighted by atomic mass is 9.78. The van der Waals surface area contributed by atoms with Crippen molar-refractivity contribution in [3.8, 4) is 5.69 Å². The molecular formula is C18H21F3N4O. The van der Waals surface area contributed by atoms with Crippen molar-refractivity contribution in [1.82, 2.24) is 14.9 Å². The Bertz CT molecular complexity index is 813. The van der Waals surface area contributed by atoms with Crippen LogP contribution in [0.15, 0.2) is 30.6 Å². The van der Waals surface area contributed by atoms with E-state index < -0.39 is 23.4 Å². The molecule has 1 fully saturated rings. The van der Waals surface area contributed by atoms with Crippen LogP contribution in [0.1, 0.15) is 18.3 Å². The summed E-state index contributed by atoms with van der Waals surface area (Å²) in [4.78, 5) is 16.7. The summed E-state index contributed by atoms with van der Waals surface area (Å²) < 4.78 is 41.9. The lowest BCUT2D eigenvalue weighted by Gasteiger charge is -2.31. The largest absolute Gasteiger partial charge is 0.396 e. The van der Waals surface area contributed by atoms with Gasteiger partial charge in [0.2, 0.25) is 5.91 Å². The van der Waals surface area contributed by atoms with Crippen molar-refractivity contribution in [2.45, 2.75) is 26.9 Å². The molecule has 1 amide bonds. The molecule has 3 rings (SSSR count). The van der Waals surface area contributed by atoms with Gasteiger partial charge in [0.05, 0.1) is 23.4 Å². The minimum Gasteiger partial charge on any atom is -0.326 e. The second-order valence-electron chi connectivity index (χ2n) is 6.92. The third kappa shape index (κ3) is 3.09. The van der Waals surface area contributed by atoms with Gasteiger partial charge in [-0.3, -0.25) is 4.79 Å². The summed E-state index contributed by atoms with van der Waals surface area (Å²) in [7, 11) is 0. The smallest absolute Gasteiger partial charge is 0.326 e. The molecule has 2 unspecified atom stereocenters. The molecule has 2 N–H and O–H groups in total. The number of benzene rings is 1. The van der Waals surface area contributed by atoms with Crippen LogP contribution in [0.25, 0.3) is 5.69 Å². The fourth-order valence-corrected chi connectivity index (χ4v) is 3.20. The van der Waals surface area contributed by atoms with E-state index in [1.165, 1.54) is 0 Å². The normalized spacial score (nSPS) is 23.2. The van der Waals surface area contributed by atoms with Crippen LogP contribution in [0.4, 0.5) is 18.9 Å². The first-order valence-corrected chi connectivity index (χ1v) is 8.33. The molecule has 0 saturated carbocycles. The number of rotatable bonds is 3. The molecule has 8 heteroatoms. The molecule has 2 atom stereocenters. The van der Waals surface area contributed by atoms with Gasteiger partial charge in [-0.05, 0) is 45.0 Å². The highest BCUT2D eigenvalue weighted by Crippen LogP contribution is 2.46. The van der Waals surface area contributed by atoms with E-state index in [1.54, 1.807) is 30.6 Å². The third-order valence-corrected chi connectivity index (χ3v) is 5.24. The molecule has 1 saturated heterocycles. The first-order valence-electron chi connectivity index (χ1n) is 8.33. The van der Waals surface area contributed by atoms with Crippen LogP contribution in [0.2, 0.25) is 0 Å². The zero-order valence-corrected chi connectivity index (χ0v) is 14.8. The summed E-state index contributed by atoms with van der Waals surface area (Å²) in [5.74, 6) is -1.79. The molecule has 5 nitrogen and oxygen atoms in total. The Morgan fingerprint density at radius 2 is 1.96 bits per heavy atom. The van der Waals surface area contributed by atoms with E-state index in [0.717, 1.165) is 24.0 Å². The average Bonchev–Trinajstić information content (AvgIpc) is 3.13. The summed E-state index contributed by atoms with van der Waals surface area (Å²) >= 11 is 0. The van der Waals surface area contributed by atoms with Crippen LogP contribution < -0.4 is 10.6 Å². The molecule has 0 bridgehead atoms. The van der Waals surface area contributed by atoms with Crippen molar-refractivity contribution in [3.05, 3.63) is 42.0 Å². The number of hydrogen-bond donors (Lipinski definition) is 2. The molecule has 2 aromatic rings. The summed E-state index contributed by atoms with van der Waals surface area (Å²) in [6.07, 6.45) is -2.74. The Morgan fingerprint density at radius 3 is 2.50 bits per heavy atom. The Morgan fingerprint density at radius 1 is 1.31 bits per heavy atom. The molecule has 1 aliphatic heterocycles. The van der Waals surface area contributed by atoms with Gasteiger partial charge in [-0.2, -0.15) is 13.2 Å². The van der Waals surface area contributed by atoms with Gasteiger partial charge in [0.1, 0.15) is 0 Å². The maximum absolute atomic E-state index is 13.3. The standard InChI is InChI=1S/C18H21F3N4O/c1-11-12(2)25(10-23-11)14-6-4-13(5-7-14)24-16(26)15-8-22-9-17(15,3)18(19,20)21/h4-7,10,15,22H,8-9H2,1-3H3,(H,24,26). The predicted molar refractivity (Wildman–Crippen MR) is 92.2 cm³/mol. The molecule has 140 valence electrons. The Hall–Kier alpha value is -2.35. The maximum atomic E-state index is 13.3. The van der Waals surface area contributed by atoms with Crippen molar-refractivity contribution in [3.63, 3.8) is 0 Å². The maximum Gasteiger partial charge on any atom is 0.396 e. The molecule has 0 aliphatic carbocycles. The number of nitrogens with zero attached hydrogens (tertiary/aromatic N) is 2. The zero-order chi connectivity index (χ0) is 19.1. The first-order chi connectivity index (χ1) is 12.1. The number of hydrogen-bond acceptors (Lipinski definition) is 3. The lowest BCUT2D eigenvalue weighted by molar-refractivity contribution is -0.223. The average molecular weight is 366 g/mol. The molecule has 0 radical (unpaired) electrons. The van der Waals surface area contributed by atoms with Crippen LogP contribution in [0.3, 0.4) is 0 Å². The summed E-state index contributed by atoms with van der Waals surface area (Å²) in [6, 6.07) is 6.93. The topological polar surface area (TPSA) is 59.0 Å². The second-order valence-corrected chi connectivity index (χ2v) is 6.92. The number of carbonyl (C=O) groups excluding carboxylic acids is 1. The second kappa shape index (κ2) is 6.42. The van der Waals surface area contributed by atoms with E-state index in [1.807, 2.05) is 18.4 Å². The summed E-state index contributed by atoms with van der Waals surface area (Å²) in [6.45, 7) is 4.70. The Kier molecular flexibility index (Phi) is 4.56. The molecule has 1 aromatic carbocycles. The van der Waals surface area contributed by atoms with Crippen LogP contribution in [0, 0.1) is 25.2 Å². The van der Waals surface area contributed by atoms with Gasteiger partial charge in [0.15, 0.2) is 0 Å². The van der Waals surface area contributed by atoms with E-state index in [0.29, 0.717) is 5.69 Å². The number of imidazole rings is 1. The van der Waals surface area contributed by atoms with E-state index in [9.17, 15) is 18.0 Å². The van der Waals surface area contributed by atoms with Gasteiger partial charge in [0.25, 0.3) is 0 Å². The highest BCUT2D eigenvalue weighted by molar-refractivity contribution is 5.93. The SMILES string of the molecule is Cc1ncn(-c2ccc(NC(=O)C3CNCC3(C)C(F)(F)F)cc2)c1C. The number of amides is 1. The van der Waals surface area contributed by atoms with Gasteiger partial charge in [0, 0.05) is 30.2 Å². The van der Waals surface area contributed by atoms with Gasteiger partial charge in [-0.1, -0.05) is 0 Å². The number of alkyl halides is 3. The van der Waals surface area contributed by atoms with Crippen molar-refractivity contribution in [2.24, 2.45) is 11.3 Å². The Balaban J connectivity index is 1.75.